The fourth-order valence-electron chi connectivity index (χ4n) is 1.88. The number of para-hydroxylation sites is 1. The first-order valence-corrected chi connectivity index (χ1v) is 5.21. The Hall–Kier alpha value is -2.43. The van der Waals surface area contributed by atoms with E-state index >= 15 is 0 Å². The summed E-state index contributed by atoms with van der Waals surface area (Å²) in [6, 6.07) is 7.57. The Kier molecular flexibility index (Phi) is 2.04. The molecule has 17 heavy (non-hydrogen) atoms. The highest BCUT2D eigenvalue weighted by Crippen LogP contribution is 2.18. The molecule has 1 N–H and O–H groups in total. The maximum absolute atomic E-state index is 11.4. The molecular weight excluding hydrogens is 218 g/mol. The molecule has 2 heterocycles. The molecule has 5 heteroatoms. The minimum atomic E-state index is -0.284. The van der Waals surface area contributed by atoms with Gasteiger partial charge in [0.2, 0.25) is 0 Å². The molecule has 0 saturated carbocycles. The Morgan fingerprint density at radius 3 is 2.59 bits per heavy atom. The quantitative estimate of drug-likeness (QED) is 0.778. The largest absolute Gasteiger partial charge is 0.279 e. The van der Waals surface area contributed by atoms with Crippen molar-refractivity contribution in [2.75, 3.05) is 0 Å². The van der Waals surface area contributed by atoms with Crippen LogP contribution in [0, 0.1) is 0 Å². The van der Waals surface area contributed by atoms with Crippen molar-refractivity contribution in [1.29, 1.82) is 0 Å². The van der Waals surface area contributed by atoms with Crippen molar-refractivity contribution in [2.24, 2.45) is 0 Å². The number of fused-ring (bicyclic) bond motifs is 1. The molecule has 3 rings (SSSR count). The summed E-state index contributed by atoms with van der Waals surface area (Å²) in [5, 5.41) is 7.90. The molecule has 0 fully saturated rings. The summed E-state index contributed by atoms with van der Waals surface area (Å²) in [4.78, 5) is 24.0. The van der Waals surface area contributed by atoms with E-state index in [-0.39, 0.29) is 18.4 Å². The van der Waals surface area contributed by atoms with Crippen LogP contribution in [0.5, 0.6) is 0 Å². The fourth-order valence-corrected chi connectivity index (χ4v) is 1.88. The number of carbonyl (C=O) groups is 2. The second kappa shape index (κ2) is 3.55. The number of aromatic amines is 1. The van der Waals surface area contributed by atoms with Crippen molar-refractivity contribution in [3.63, 3.8) is 0 Å². The number of nitrogens with one attached hydrogen (secondary N) is 1. The topological polar surface area (TPSA) is 66.1 Å². The standard InChI is InChI=1S/C12H9N3O2/c16-11-5-6-12(17)15(11)7-10-8-3-1-2-4-9(8)13-14-10/h1-6H,7H2,(H,13,14). The van der Waals surface area contributed by atoms with Crippen LogP contribution in [-0.4, -0.2) is 26.9 Å². The molecule has 5 nitrogen and oxygen atoms in total. The summed E-state index contributed by atoms with van der Waals surface area (Å²) in [7, 11) is 0. The van der Waals surface area contributed by atoms with E-state index in [1.807, 2.05) is 24.3 Å². The van der Waals surface area contributed by atoms with E-state index in [0.29, 0.717) is 0 Å². The molecule has 0 radical (unpaired) electrons. The first-order valence-electron chi connectivity index (χ1n) is 5.21. The third kappa shape index (κ3) is 1.52. The number of H-pyrrole nitrogens is 1. The Bertz CT molecular complexity index is 624. The minimum absolute atomic E-state index is 0.227. The fraction of sp³-hybridized carbons (Fsp3) is 0.0833. The zero-order valence-corrected chi connectivity index (χ0v) is 8.88. The number of nitrogens with zero attached hydrogens (tertiary/aromatic N) is 2. The molecule has 84 valence electrons. The number of aromatic nitrogens is 2. The van der Waals surface area contributed by atoms with Crippen LogP contribution in [-0.2, 0) is 16.1 Å². The van der Waals surface area contributed by atoms with E-state index in [9.17, 15) is 9.59 Å². The molecular formula is C12H9N3O2. The highest BCUT2D eigenvalue weighted by molar-refractivity contribution is 6.12. The monoisotopic (exact) mass is 227 g/mol. The number of rotatable bonds is 2. The Balaban J connectivity index is 1.96. The number of hydrogen-bond acceptors (Lipinski definition) is 3. The molecule has 1 aromatic carbocycles. The van der Waals surface area contributed by atoms with E-state index < -0.39 is 0 Å². The molecule has 2 amide bonds. The van der Waals surface area contributed by atoms with Crippen molar-refractivity contribution in [3.05, 3.63) is 42.1 Å². The van der Waals surface area contributed by atoms with Gasteiger partial charge in [-0.15, -0.1) is 0 Å². The van der Waals surface area contributed by atoms with Gasteiger partial charge in [-0.2, -0.15) is 5.10 Å². The van der Waals surface area contributed by atoms with Crippen LogP contribution in [0.15, 0.2) is 36.4 Å². The van der Waals surface area contributed by atoms with Crippen LogP contribution >= 0.6 is 0 Å². The molecule has 0 bridgehead atoms. The van der Waals surface area contributed by atoms with E-state index in [1.54, 1.807) is 0 Å². The summed E-state index contributed by atoms with van der Waals surface area (Å²) in [6.45, 7) is 0.227. The zero-order valence-electron chi connectivity index (χ0n) is 8.88. The van der Waals surface area contributed by atoms with E-state index in [1.165, 1.54) is 17.1 Å². The molecule has 1 aromatic heterocycles. The molecule has 1 aliphatic heterocycles. The van der Waals surface area contributed by atoms with Gasteiger partial charge in [-0.3, -0.25) is 19.6 Å². The maximum atomic E-state index is 11.4. The van der Waals surface area contributed by atoms with Crippen LogP contribution < -0.4 is 0 Å². The number of benzene rings is 1. The third-order valence-corrected chi connectivity index (χ3v) is 2.76. The molecule has 0 aliphatic carbocycles. The smallest absolute Gasteiger partial charge is 0.253 e. The van der Waals surface area contributed by atoms with Gasteiger partial charge in [-0.1, -0.05) is 18.2 Å². The van der Waals surface area contributed by atoms with E-state index in [0.717, 1.165) is 16.6 Å². The highest BCUT2D eigenvalue weighted by Gasteiger charge is 2.24. The van der Waals surface area contributed by atoms with Gasteiger partial charge < -0.3 is 0 Å². The number of carbonyl (C=O) groups excluding carboxylic acids is 2. The second-order valence-corrected chi connectivity index (χ2v) is 3.82. The summed E-state index contributed by atoms with van der Waals surface area (Å²) < 4.78 is 0. The van der Waals surface area contributed by atoms with Gasteiger partial charge in [0, 0.05) is 17.5 Å². The van der Waals surface area contributed by atoms with Gasteiger partial charge in [0.25, 0.3) is 11.8 Å². The van der Waals surface area contributed by atoms with Crippen molar-refractivity contribution in [2.45, 2.75) is 6.54 Å². The second-order valence-electron chi connectivity index (χ2n) is 3.82. The summed E-state index contributed by atoms with van der Waals surface area (Å²) in [5.41, 5.74) is 1.60. The molecule has 0 atom stereocenters. The van der Waals surface area contributed by atoms with Crippen LogP contribution in [0.2, 0.25) is 0 Å². The van der Waals surface area contributed by atoms with Gasteiger partial charge in [-0.05, 0) is 6.07 Å². The van der Waals surface area contributed by atoms with Gasteiger partial charge in [-0.25, -0.2) is 0 Å². The Labute approximate surface area is 96.7 Å². The molecule has 0 unspecified atom stereocenters. The van der Waals surface area contributed by atoms with E-state index in [2.05, 4.69) is 10.2 Å². The average molecular weight is 227 g/mol. The van der Waals surface area contributed by atoms with Crippen molar-refractivity contribution >= 4 is 22.7 Å². The predicted molar refractivity (Wildman–Crippen MR) is 60.8 cm³/mol. The van der Waals surface area contributed by atoms with Gasteiger partial charge in [0.1, 0.15) is 0 Å². The molecule has 2 aromatic rings. The predicted octanol–water partition coefficient (Wildman–Crippen LogP) is 0.988. The van der Waals surface area contributed by atoms with Gasteiger partial charge in [0.05, 0.1) is 17.8 Å². The normalized spacial score (nSPS) is 15.2. The van der Waals surface area contributed by atoms with Crippen molar-refractivity contribution in [3.8, 4) is 0 Å². The zero-order chi connectivity index (χ0) is 11.8. The van der Waals surface area contributed by atoms with Crippen LogP contribution in [0.1, 0.15) is 5.69 Å². The summed E-state index contributed by atoms with van der Waals surface area (Å²) >= 11 is 0. The van der Waals surface area contributed by atoms with Crippen molar-refractivity contribution in [1.82, 2.24) is 15.1 Å². The van der Waals surface area contributed by atoms with Crippen molar-refractivity contribution < 1.29 is 9.59 Å². The lowest BCUT2D eigenvalue weighted by Gasteiger charge is -2.12. The van der Waals surface area contributed by atoms with Gasteiger partial charge >= 0.3 is 0 Å². The lowest BCUT2D eigenvalue weighted by Crippen LogP contribution is -2.29. The first kappa shape index (κ1) is 9.77. The number of hydrogen-bond donors (Lipinski definition) is 1. The molecule has 0 spiro atoms. The van der Waals surface area contributed by atoms with E-state index in [4.69, 9.17) is 0 Å². The van der Waals surface area contributed by atoms with Crippen LogP contribution in [0.3, 0.4) is 0 Å². The van der Waals surface area contributed by atoms with Crippen LogP contribution in [0.4, 0.5) is 0 Å². The average Bonchev–Trinajstić information content (AvgIpc) is 2.88. The first-order chi connectivity index (χ1) is 8.25. The molecule has 1 aliphatic rings. The lowest BCUT2D eigenvalue weighted by molar-refractivity contribution is -0.137. The minimum Gasteiger partial charge on any atom is -0.279 e. The van der Waals surface area contributed by atoms with Gasteiger partial charge in [0.15, 0.2) is 0 Å². The third-order valence-electron chi connectivity index (χ3n) is 2.76. The summed E-state index contributed by atoms with van der Waals surface area (Å²) in [6.07, 6.45) is 2.56. The number of imide groups is 1. The summed E-state index contributed by atoms with van der Waals surface area (Å²) in [5.74, 6) is -0.567. The highest BCUT2D eigenvalue weighted by atomic mass is 16.2. The lowest BCUT2D eigenvalue weighted by atomic mass is 10.2. The SMILES string of the molecule is O=C1C=CC(=O)N1Cc1[nH]nc2ccccc12. The number of amides is 2. The molecule has 0 saturated heterocycles. The Morgan fingerprint density at radius 2 is 1.82 bits per heavy atom. The maximum Gasteiger partial charge on any atom is 0.253 e. The van der Waals surface area contributed by atoms with Crippen LogP contribution in [0.25, 0.3) is 10.9 Å². The Morgan fingerprint density at radius 1 is 1.12 bits per heavy atom.